The second-order valence-electron chi connectivity index (χ2n) is 5.69. The van der Waals surface area contributed by atoms with Crippen LogP contribution in [-0.2, 0) is 4.74 Å². The van der Waals surface area contributed by atoms with Gasteiger partial charge in [0.25, 0.3) is 0 Å². The van der Waals surface area contributed by atoms with Crippen LogP contribution in [0.1, 0.15) is 40.5 Å². The fraction of sp³-hybridized carbons (Fsp3) is 1.00. The highest BCUT2D eigenvalue weighted by Crippen LogP contribution is 2.25. The molecule has 0 saturated carbocycles. The van der Waals surface area contributed by atoms with Crippen LogP contribution in [0.3, 0.4) is 0 Å². The van der Waals surface area contributed by atoms with E-state index in [0.29, 0.717) is 17.6 Å². The third kappa shape index (κ3) is 3.06. The summed E-state index contributed by atoms with van der Waals surface area (Å²) in [6.07, 6.45) is 1.80. The molecule has 0 spiro atoms. The summed E-state index contributed by atoms with van der Waals surface area (Å²) < 4.78 is 5.67. The molecule has 0 unspecified atom stereocenters. The van der Waals surface area contributed by atoms with Crippen LogP contribution < -0.4 is 5.06 Å². The predicted molar refractivity (Wildman–Crippen MR) is 62.2 cm³/mol. The lowest BCUT2D eigenvalue weighted by Gasteiger charge is -2.54. The topological polar surface area (TPSA) is 36.7 Å². The Hall–Kier alpha value is 0.170. The minimum absolute atomic E-state index is 0.173. The molecule has 0 atom stereocenters. The van der Waals surface area contributed by atoms with Gasteiger partial charge in [-0.05, 0) is 27.7 Å². The third-order valence-electron chi connectivity index (χ3n) is 3.14. The van der Waals surface area contributed by atoms with Gasteiger partial charge in [-0.1, -0.05) is 0 Å². The number of hydrogen-bond acceptors (Lipinski definition) is 2. The van der Waals surface area contributed by atoms with Crippen molar-refractivity contribution in [2.24, 2.45) is 0 Å². The highest BCUT2D eigenvalue weighted by molar-refractivity contribution is 6.17. The Morgan fingerprint density at radius 1 is 1.27 bits per heavy atom. The van der Waals surface area contributed by atoms with E-state index in [0.717, 1.165) is 12.8 Å². The van der Waals surface area contributed by atoms with Crippen molar-refractivity contribution < 1.29 is 9.80 Å². The maximum absolute atomic E-state index is 12.1. The smallest absolute Gasteiger partial charge is 0.0946 e. The molecule has 1 heterocycles. The van der Waals surface area contributed by atoms with Gasteiger partial charge >= 0.3 is 0 Å². The second kappa shape index (κ2) is 4.58. The Balaban J connectivity index is 2.66. The minimum atomic E-state index is -0.265. The van der Waals surface area contributed by atoms with E-state index in [2.05, 4.69) is 0 Å². The lowest BCUT2D eigenvalue weighted by Crippen LogP contribution is -3.23. The third-order valence-corrected chi connectivity index (χ3v) is 3.29. The van der Waals surface area contributed by atoms with E-state index in [-0.39, 0.29) is 17.2 Å². The maximum atomic E-state index is 12.1. The molecule has 0 radical (unpaired) electrons. The van der Waals surface area contributed by atoms with Crippen LogP contribution in [0.15, 0.2) is 0 Å². The summed E-state index contributed by atoms with van der Waals surface area (Å²) >= 11 is 5.60. The standard InChI is InChI=1S/C11H22ClNO2/c1-10(2)7-9(15-6-5-12)8-11(3,4)13(10)14/h9,13H,5-8H2,1-4H3. The van der Waals surface area contributed by atoms with E-state index < -0.39 is 0 Å². The van der Waals surface area contributed by atoms with E-state index >= 15 is 0 Å². The van der Waals surface area contributed by atoms with Gasteiger partial charge in [0.05, 0.1) is 23.8 Å². The first kappa shape index (κ1) is 13.2. The Morgan fingerprint density at radius 3 is 2.13 bits per heavy atom. The Kier molecular flexibility index (Phi) is 4.04. The van der Waals surface area contributed by atoms with E-state index in [4.69, 9.17) is 16.3 Å². The lowest BCUT2D eigenvalue weighted by molar-refractivity contribution is -0.956. The van der Waals surface area contributed by atoms with Crippen LogP contribution >= 0.6 is 11.6 Å². The average Bonchev–Trinajstić information content (AvgIpc) is 2.10. The quantitative estimate of drug-likeness (QED) is 0.592. The first-order valence-corrected chi connectivity index (χ1v) is 6.05. The molecule has 1 aliphatic heterocycles. The molecule has 0 bridgehead atoms. The van der Waals surface area contributed by atoms with Gasteiger partial charge in [-0.25, -0.2) is 0 Å². The molecule has 15 heavy (non-hydrogen) atoms. The van der Waals surface area contributed by atoms with Crippen LogP contribution in [-0.4, -0.2) is 29.7 Å². The van der Waals surface area contributed by atoms with Gasteiger partial charge in [0.2, 0.25) is 0 Å². The highest BCUT2D eigenvalue weighted by atomic mass is 35.5. The number of rotatable bonds is 3. The first-order chi connectivity index (χ1) is 6.79. The fourth-order valence-corrected chi connectivity index (χ4v) is 2.73. The summed E-state index contributed by atoms with van der Waals surface area (Å²) in [4.78, 5) is 0. The zero-order valence-electron chi connectivity index (χ0n) is 10.1. The van der Waals surface area contributed by atoms with E-state index in [1.807, 2.05) is 27.7 Å². The van der Waals surface area contributed by atoms with Crippen LogP contribution in [0, 0.1) is 5.21 Å². The number of nitrogens with one attached hydrogen (secondary N) is 1. The fourth-order valence-electron chi connectivity index (χ4n) is 2.64. The monoisotopic (exact) mass is 235 g/mol. The zero-order valence-corrected chi connectivity index (χ0v) is 10.9. The van der Waals surface area contributed by atoms with Crippen molar-refractivity contribution >= 4 is 11.6 Å². The van der Waals surface area contributed by atoms with Crippen molar-refractivity contribution in [3.8, 4) is 0 Å². The van der Waals surface area contributed by atoms with Crippen LogP contribution in [0.2, 0.25) is 0 Å². The molecule has 0 aromatic rings. The van der Waals surface area contributed by atoms with Crippen LogP contribution in [0.4, 0.5) is 0 Å². The molecule has 90 valence electrons. The highest BCUT2D eigenvalue weighted by Gasteiger charge is 2.45. The molecule has 0 aromatic carbocycles. The second-order valence-corrected chi connectivity index (χ2v) is 6.06. The van der Waals surface area contributed by atoms with Crippen LogP contribution in [0.25, 0.3) is 0 Å². The van der Waals surface area contributed by atoms with Crippen molar-refractivity contribution in [1.82, 2.24) is 0 Å². The molecule has 0 aliphatic carbocycles. The molecule has 1 rings (SSSR count). The Bertz CT molecular complexity index is 201. The zero-order chi connectivity index (χ0) is 11.7. The maximum Gasteiger partial charge on any atom is 0.0946 e. The number of piperidine rings is 1. The number of quaternary nitrogens is 1. The predicted octanol–water partition coefficient (Wildman–Crippen LogP) is 1.34. The molecule has 1 saturated heterocycles. The summed E-state index contributed by atoms with van der Waals surface area (Å²) in [7, 11) is 0. The number of alkyl halides is 1. The summed E-state index contributed by atoms with van der Waals surface area (Å²) in [6, 6.07) is 0. The molecule has 0 amide bonds. The van der Waals surface area contributed by atoms with Crippen molar-refractivity contribution in [3.63, 3.8) is 0 Å². The summed E-state index contributed by atoms with van der Waals surface area (Å²) in [6.45, 7) is 8.60. The average molecular weight is 236 g/mol. The van der Waals surface area contributed by atoms with Crippen molar-refractivity contribution in [2.45, 2.75) is 57.7 Å². The molecule has 1 aliphatic rings. The molecular weight excluding hydrogens is 214 g/mol. The van der Waals surface area contributed by atoms with Crippen LogP contribution in [0.5, 0.6) is 0 Å². The van der Waals surface area contributed by atoms with Gasteiger partial charge in [0, 0.05) is 18.7 Å². The molecule has 1 N–H and O–H groups in total. The van der Waals surface area contributed by atoms with Gasteiger partial charge < -0.3 is 15.0 Å². The summed E-state index contributed by atoms with van der Waals surface area (Å²) in [5.41, 5.74) is -0.530. The minimum Gasteiger partial charge on any atom is -0.634 e. The summed E-state index contributed by atoms with van der Waals surface area (Å²) in [5, 5.41) is 12.5. The largest absolute Gasteiger partial charge is 0.634 e. The SMILES string of the molecule is CC1(C)CC(OCCCl)CC(C)(C)[NH+]1[O-]. The van der Waals surface area contributed by atoms with E-state index in [1.54, 1.807) is 0 Å². The van der Waals surface area contributed by atoms with Gasteiger partial charge in [-0.2, -0.15) is 0 Å². The van der Waals surface area contributed by atoms with Gasteiger partial charge in [-0.3, -0.25) is 0 Å². The Labute approximate surface area is 97.3 Å². The van der Waals surface area contributed by atoms with Gasteiger partial charge in [0.15, 0.2) is 0 Å². The Morgan fingerprint density at radius 2 is 1.73 bits per heavy atom. The number of hydroxylamine groups is 2. The van der Waals surface area contributed by atoms with Gasteiger partial charge in [0.1, 0.15) is 0 Å². The first-order valence-electron chi connectivity index (χ1n) is 5.52. The number of ether oxygens (including phenoxy) is 1. The number of hydrogen-bond donors (Lipinski definition) is 1. The molecular formula is C11H22ClNO2. The van der Waals surface area contributed by atoms with E-state index in [1.165, 1.54) is 0 Å². The van der Waals surface area contributed by atoms with Crippen molar-refractivity contribution in [2.75, 3.05) is 12.5 Å². The molecule has 3 nitrogen and oxygen atoms in total. The van der Waals surface area contributed by atoms with E-state index in [9.17, 15) is 5.21 Å². The summed E-state index contributed by atoms with van der Waals surface area (Å²) in [5.74, 6) is 0.519. The van der Waals surface area contributed by atoms with Crippen molar-refractivity contribution in [1.29, 1.82) is 0 Å². The van der Waals surface area contributed by atoms with Crippen molar-refractivity contribution in [3.05, 3.63) is 5.21 Å². The van der Waals surface area contributed by atoms with Gasteiger partial charge in [-0.15, -0.1) is 11.6 Å². The molecule has 1 fully saturated rings. The lowest BCUT2D eigenvalue weighted by atomic mass is 9.80. The molecule has 0 aromatic heterocycles. The molecule has 4 heteroatoms. The number of halogens is 1. The normalized spacial score (nSPS) is 34.0.